The molecule has 0 saturated heterocycles. The number of hydrogen-bond acceptors (Lipinski definition) is 4. The summed E-state index contributed by atoms with van der Waals surface area (Å²) in [6.45, 7) is 4.39. The summed E-state index contributed by atoms with van der Waals surface area (Å²) in [6, 6.07) is 21.8. The van der Waals surface area contributed by atoms with Gasteiger partial charge >= 0.3 is 6.09 Å². The van der Waals surface area contributed by atoms with E-state index in [1.54, 1.807) is 17.7 Å². The van der Waals surface area contributed by atoms with Gasteiger partial charge in [-0.3, -0.25) is 19.7 Å². The minimum atomic E-state index is -1.18. The Morgan fingerprint density at radius 1 is 1.02 bits per heavy atom. The first-order valence-electron chi connectivity index (χ1n) is 13.8. The Morgan fingerprint density at radius 3 is 2.46 bits per heavy atom. The molecule has 0 aliphatic rings. The molecule has 7 nitrogen and oxygen atoms in total. The van der Waals surface area contributed by atoms with E-state index in [2.05, 4.69) is 17.2 Å². The van der Waals surface area contributed by atoms with Gasteiger partial charge < -0.3 is 5.11 Å². The number of unbranched alkanes of at least 4 members (excludes halogenated alkanes) is 1. The highest BCUT2D eigenvalue weighted by Crippen LogP contribution is 2.25. The van der Waals surface area contributed by atoms with Crippen LogP contribution in [-0.2, 0) is 25.8 Å². The van der Waals surface area contributed by atoms with E-state index in [0.717, 1.165) is 47.2 Å². The summed E-state index contributed by atoms with van der Waals surface area (Å²) in [4.78, 5) is 34.0. The number of rotatable bonds is 10. The lowest BCUT2D eigenvalue weighted by Crippen LogP contribution is -2.30. The standard InChI is InChI=1S/C33H35FN4O3/c1-4-5-13-30-29(32(39)38(22(2)36-30)19-18-23-9-8-10-26(34)20-23)21-24-14-16-25(17-15-24)27-11-6-7-12-28(27)31(35-3)37-33(40)41/h6-12,14-17,20H,4-5,13,18-19,21H2,1-3H3,(H,35,37)(H,40,41). The molecule has 0 atom stereocenters. The number of amidine groups is 1. The van der Waals surface area contributed by atoms with Crippen molar-refractivity contribution >= 4 is 11.9 Å². The summed E-state index contributed by atoms with van der Waals surface area (Å²) in [6.07, 6.45) is 2.46. The average molecular weight is 555 g/mol. The first kappa shape index (κ1) is 29.4. The number of amides is 1. The first-order valence-corrected chi connectivity index (χ1v) is 13.8. The van der Waals surface area contributed by atoms with Crippen LogP contribution in [0.25, 0.3) is 11.1 Å². The van der Waals surface area contributed by atoms with Gasteiger partial charge in [0.15, 0.2) is 0 Å². The van der Waals surface area contributed by atoms with Crippen LogP contribution in [-0.4, -0.2) is 33.6 Å². The van der Waals surface area contributed by atoms with Crippen LogP contribution in [0.5, 0.6) is 0 Å². The molecule has 4 aromatic rings. The second-order valence-corrected chi connectivity index (χ2v) is 9.95. The molecule has 0 unspecified atom stereocenters. The molecular formula is C33H35FN4O3. The molecule has 212 valence electrons. The van der Waals surface area contributed by atoms with E-state index in [0.29, 0.717) is 36.3 Å². The fourth-order valence-corrected chi connectivity index (χ4v) is 4.97. The smallest absolute Gasteiger partial charge is 0.410 e. The second-order valence-electron chi connectivity index (χ2n) is 9.95. The Bertz CT molecular complexity index is 1610. The lowest BCUT2D eigenvalue weighted by molar-refractivity contribution is 0.200. The third kappa shape index (κ3) is 7.33. The maximum atomic E-state index is 13.8. The highest BCUT2D eigenvalue weighted by Gasteiger charge is 2.17. The Balaban J connectivity index is 1.64. The van der Waals surface area contributed by atoms with Crippen molar-refractivity contribution in [3.05, 3.63) is 123 Å². The molecule has 0 bridgehead atoms. The quantitative estimate of drug-likeness (QED) is 0.181. The molecule has 8 heteroatoms. The molecule has 1 amide bonds. The monoisotopic (exact) mass is 554 g/mol. The van der Waals surface area contributed by atoms with Gasteiger partial charge in [0, 0.05) is 31.1 Å². The second kappa shape index (κ2) is 13.7. The number of nitrogens with zero attached hydrogens (tertiary/aromatic N) is 3. The third-order valence-electron chi connectivity index (χ3n) is 7.10. The van der Waals surface area contributed by atoms with E-state index in [1.165, 1.54) is 12.1 Å². The van der Waals surface area contributed by atoms with Crippen molar-refractivity contribution in [2.45, 2.75) is 52.5 Å². The van der Waals surface area contributed by atoms with Gasteiger partial charge in [-0.25, -0.2) is 14.2 Å². The van der Waals surface area contributed by atoms with Crippen molar-refractivity contribution in [2.75, 3.05) is 7.05 Å². The van der Waals surface area contributed by atoms with Gasteiger partial charge in [-0.2, -0.15) is 0 Å². The topological polar surface area (TPSA) is 96.6 Å². The molecule has 0 aliphatic heterocycles. The van der Waals surface area contributed by atoms with E-state index >= 15 is 0 Å². The van der Waals surface area contributed by atoms with Crippen LogP contribution in [0.4, 0.5) is 9.18 Å². The first-order chi connectivity index (χ1) is 19.8. The van der Waals surface area contributed by atoms with Gasteiger partial charge in [0.2, 0.25) is 0 Å². The number of aryl methyl sites for hydroxylation is 3. The minimum Gasteiger partial charge on any atom is -0.465 e. The Hall–Kier alpha value is -4.59. The molecule has 2 N–H and O–H groups in total. The van der Waals surface area contributed by atoms with E-state index in [1.807, 2.05) is 61.5 Å². The van der Waals surface area contributed by atoms with Crippen LogP contribution in [0.3, 0.4) is 0 Å². The molecule has 0 spiro atoms. The lowest BCUT2D eigenvalue weighted by Gasteiger charge is -2.16. The number of benzene rings is 3. The van der Waals surface area contributed by atoms with Crippen LogP contribution in [0.1, 0.15) is 53.5 Å². The number of carbonyl (C=O) groups is 1. The van der Waals surface area contributed by atoms with Crippen LogP contribution in [0, 0.1) is 12.7 Å². The molecule has 41 heavy (non-hydrogen) atoms. The average Bonchev–Trinajstić information content (AvgIpc) is 2.96. The highest BCUT2D eigenvalue weighted by atomic mass is 19.1. The van der Waals surface area contributed by atoms with Gasteiger partial charge in [-0.1, -0.05) is 74.0 Å². The molecule has 1 heterocycles. The van der Waals surface area contributed by atoms with Crippen LogP contribution >= 0.6 is 0 Å². The van der Waals surface area contributed by atoms with Gasteiger partial charge in [-0.15, -0.1) is 0 Å². The van der Waals surface area contributed by atoms with Gasteiger partial charge in [-0.05, 0) is 60.6 Å². The predicted molar refractivity (Wildman–Crippen MR) is 160 cm³/mol. The summed E-state index contributed by atoms with van der Waals surface area (Å²) in [5.74, 6) is 0.640. The zero-order valence-electron chi connectivity index (χ0n) is 23.7. The van der Waals surface area contributed by atoms with E-state index in [-0.39, 0.29) is 17.2 Å². The normalized spacial score (nSPS) is 11.5. The van der Waals surface area contributed by atoms with E-state index < -0.39 is 6.09 Å². The molecule has 3 aromatic carbocycles. The molecular weight excluding hydrogens is 519 g/mol. The van der Waals surface area contributed by atoms with Gasteiger partial charge in [0.25, 0.3) is 5.56 Å². The number of nitrogens with one attached hydrogen (secondary N) is 1. The van der Waals surface area contributed by atoms with E-state index in [9.17, 15) is 19.1 Å². The summed E-state index contributed by atoms with van der Waals surface area (Å²) in [5.41, 5.74) is 5.67. The van der Waals surface area contributed by atoms with Gasteiger partial charge in [0.1, 0.15) is 17.5 Å². The van der Waals surface area contributed by atoms with E-state index in [4.69, 9.17) is 4.98 Å². The maximum Gasteiger partial charge on any atom is 0.410 e. The van der Waals surface area contributed by atoms with Crippen molar-refractivity contribution in [1.82, 2.24) is 14.9 Å². The number of aliphatic imine (C=N–C) groups is 1. The van der Waals surface area contributed by atoms with Gasteiger partial charge in [0.05, 0.1) is 5.69 Å². The Labute approximate surface area is 239 Å². The third-order valence-corrected chi connectivity index (χ3v) is 7.10. The zero-order chi connectivity index (χ0) is 29.4. The Morgan fingerprint density at radius 2 is 1.78 bits per heavy atom. The lowest BCUT2D eigenvalue weighted by atomic mass is 9.96. The highest BCUT2D eigenvalue weighted by molar-refractivity contribution is 6.09. The predicted octanol–water partition coefficient (Wildman–Crippen LogP) is 6.18. The maximum absolute atomic E-state index is 13.8. The van der Waals surface area contributed by atoms with Crippen LogP contribution in [0.15, 0.2) is 82.6 Å². The summed E-state index contributed by atoms with van der Waals surface area (Å²) < 4.78 is 15.4. The Kier molecular flexibility index (Phi) is 9.79. The fourth-order valence-electron chi connectivity index (χ4n) is 4.97. The number of hydrogen-bond donors (Lipinski definition) is 2. The number of halogens is 1. The molecule has 0 fully saturated rings. The van der Waals surface area contributed by atoms with Crippen molar-refractivity contribution in [3.8, 4) is 11.1 Å². The fraction of sp³-hybridized carbons (Fsp3) is 0.273. The molecule has 0 aliphatic carbocycles. The zero-order valence-corrected chi connectivity index (χ0v) is 23.7. The molecule has 4 rings (SSSR count). The minimum absolute atomic E-state index is 0.0574. The number of aromatic nitrogens is 2. The van der Waals surface area contributed by atoms with Crippen molar-refractivity contribution < 1.29 is 14.3 Å². The van der Waals surface area contributed by atoms with Crippen LogP contribution < -0.4 is 10.9 Å². The molecule has 1 aromatic heterocycles. The molecule has 0 saturated carbocycles. The number of carboxylic acid groups (broad SMARTS) is 1. The largest absolute Gasteiger partial charge is 0.465 e. The summed E-state index contributed by atoms with van der Waals surface area (Å²) >= 11 is 0. The van der Waals surface area contributed by atoms with Crippen molar-refractivity contribution in [2.24, 2.45) is 4.99 Å². The molecule has 0 radical (unpaired) electrons. The SMILES string of the molecule is CCCCc1nc(C)n(CCc2cccc(F)c2)c(=O)c1Cc1ccc(-c2ccccc2C(=NC)NC(=O)O)cc1. The summed E-state index contributed by atoms with van der Waals surface area (Å²) in [5, 5.41) is 11.6. The van der Waals surface area contributed by atoms with Crippen molar-refractivity contribution in [3.63, 3.8) is 0 Å². The van der Waals surface area contributed by atoms with Crippen molar-refractivity contribution in [1.29, 1.82) is 0 Å². The summed E-state index contributed by atoms with van der Waals surface area (Å²) in [7, 11) is 1.54. The van der Waals surface area contributed by atoms with Crippen LogP contribution in [0.2, 0.25) is 0 Å².